The number of aromatic nitrogens is 3. The van der Waals surface area contributed by atoms with Crippen LogP contribution in [0.25, 0.3) is 16.2 Å². The van der Waals surface area contributed by atoms with Crippen molar-refractivity contribution in [2.24, 2.45) is 5.10 Å². The van der Waals surface area contributed by atoms with Crippen LogP contribution in [0.3, 0.4) is 0 Å². The first-order chi connectivity index (χ1) is 19.1. The van der Waals surface area contributed by atoms with Crippen LogP contribution in [0.15, 0.2) is 77.9 Å². The predicted octanol–water partition coefficient (Wildman–Crippen LogP) is 7.14. The zero-order valence-corrected chi connectivity index (χ0v) is 22.3. The summed E-state index contributed by atoms with van der Waals surface area (Å²) < 4.78 is 43.2. The van der Waals surface area contributed by atoms with Crippen LogP contribution in [0.5, 0.6) is 5.75 Å². The average Bonchev–Trinajstić information content (AvgIpc) is 3.66. The van der Waals surface area contributed by atoms with E-state index in [1.807, 2.05) is 31.2 Å². The lowest BCUT2D eigenvalue weighted by Crippen LogP contribution is -2.27. The zero-order chi connectivity index (χ0) is 28.2. The summed E-state index contributed by atoms with van der Waals surface area (Å²) in [5, 5.41) is 20.3. The number of para-hydroxylation sites is 1. The van der Waals surface area contributed by atoms with E-state index in [-0.39, 0.29) is 29.2 Å². The Morgan fingerprint density at radius 2 is 1.82 bits per heavy atom. The molecule has 1 aliphatic rings. The summed E-state index contributed by atoms with van der Waals surface area (Å²) in [5.74, 6) is -0.754. The maximum absolute atomic E-state index is 14.1. The lowest BCUT2D eigenvalue weighted by Gasteiger charge is -2.21. The molecule has 1 atom stereocenters. The standard InChI is InChI=1S/C28H19ClF3N5O2S/c1-15-6-8-16(9-7-15)18-12-21(17-4-2-3-5-22(17)38)36(34-18)27(39)20-14-26-33-19(23-10-11-25(29)40-23)13-24(28(30,31)32)37(26)35-20/h2-11,13-14,21,38H,12H2,1H3/t21-/m1/s1. The largest absolute Gasteiger partial charge is 0.508 e. The van der Waals surface area contributed by atoms with Crippen LogP contribution in [-0.4, -0.2) is 36.3 Å². The van der Waals surface area contributed by atoms with Crippen molar-refractivity contribution in [3.8, 4) is 16.3 Å². The van der Waals surface area contributed by atoms with E-state index in [1.165, 1.54) is 17.1 Å². The van der Waals surface area contributed by atoms with Crippen molar-refractivity contribution in [2.45, 2.75) is 25.6 Å². The molecular formula is C28H19ClF3N5O2S. The van der Waals surface area contributed by atoms with E-state index < -0.39 is 23.8 Å². The van der Waals surface area contributed by atoms with Gasteiger partial charge in [0.2, 0.25) is 0 Å². The normalized spacial score (nSPS) is 15.6. The predicted molar refractivity (Wildman–Crippen MR) is 146 cm³/mol. The number of rotatable bonds is 4. The van der Waals surface area contributed by atoms with E-state index in [2.05, 4.69) is 15.2 Å². The van der Waals surface area contributed by atoms with Gasteiger partial charge in [0.25, 0.3) is 5.91 Å². The van der Waals surface area contributed by atoms with Gasteiger partial charge >= 0.3 is 6.18 Å². The van der Waals surface area contributed by atoms with Crippen LogP contribution in [0, 0.1) is 6.92 Å². The number of carbonyl (C=O) groups excluding carboxylic acids is 1. The molecule has 0 saturated carbocycles. The van der Waals surface area contributed by atoms with Gasteiger partial charge in [0.05, 0.1) is 26.7 Å². The lowest BCUT2D eigenvalue weighted by molar-refractivity contribution is -0.142. The molecule has 0 aliphatic carbocycles. The van der Waals surface area contributed by atoms with Crippen molar-refractivity contribution >= 4 is 40.2 Å². The highest BCUT2D eigenvalue weighted by molar-refractivity contribution is 7.19. The Morgan fingerprint density at radius 1 is 1.07 bits per heavy atom. The Balaban J connectivity index is 1.46. The minimum Gasteiger partial charge on any atom is -0.508 e. The number of fused-ring (bicyclic) bond motifs is 1. The van der Waals surface area contributed by atoms with Crippen LogP contribution in [0.4, 0.5) is 13.2 Å². The van der Waals surface area contributed by atoms with E-state index in [4.69, 9.17) is 11.6 Å². The minimum absolute atomic E-state index is 0.0269. The van der Waals surface area contributed by atoms with Crippen LogP contribution >= 0.6 is 22.9 Å². The molecule has 12 heteroatoms. The molecule has 6 rings (SSSR count). The summed E-state index contributed by atoms with van der Waals surface area (Å²) in [6.07, 6.45) is -4.48. The molecule has 40 heavy (non-hydrogen) atoms. The fourth-order valence-electron chi connectivity index (χ4n) is 4.61. The first-order valence-corrected chi connectivity index (χ1v) is 13.3. The number of carbonyl (C=O) groups is 1. The van der Waals surface area contributed by atoms with Gasteiger partial charge in [-0.15, -0.1) is 11.3 Å². The van der Waals surface area contributed by atoms with E-state index >= 15 is 0 Å². The molecule has 5 aromatic rings. The van der Waals surface area contributed by atoms with Gasteiger partial charge in [-0.05, 0) is 36.8 Å². The number of thiophene rings is 1. The van der Waals surface area contributed by atoms with Gasteiger partial charge in [0, 0.05) is 18.1 Å². The van der Waals surface area contributed by atoms with Gasteiger partial charge in [0.1, 0.15) is 5.75 Å². The Morgan fingerprint density at radius 3 is 2.50 bits per heavy atom. The molecule has 0 radical (unpaired) electrons. The molecule has 4 heterocycles. The Hall–Kier alpha value is -4.22. The molecule has 0 bridgehead atoms. The lowest BCUT2D eigenvalue weighted by atomic mass is 9.97. The third-order valence-corrected chi connectivity index (χ3v) is 7.82. The fourth-order valence-corrected chi connectivity index (χ4v) is 5.61. The molecular weight excluding hydrogens is 563 g/mol. The Labute approximate surface area is 234 Å². The Kier molecular flexibility index (Phi) is 6.35. The van der Waals surface area contributed by atoms with E-state index in [0.717, 1.165) is 28.5 Å². The summed E-state index contributed by atoms with van der Waals surface area (Å²) in [6.45, 7) is 1.95. The van der Waals surface area contributed by atoms with Gasteiger partial charge < -0.3 is 5.11 Å². The van der Waals surface area contributed by atoms with E-state index in [1.54, 1.807) is 30.3 Å². The summed E-state index contributed by atoms with van der Waals surface area (Å²) >= 11 is 7.08. The number of phenolic OH excluding ortho intramolecular Hbond substituents is 1. The van der Waals surface area contributed by atoms with Gasteiger partial charge in [-0.25, -0.2) is 14.5 Å². The number of aromatic hydroxyl groups is 1. The van der Waals surface area contributed by atoms with Crippen molar-refractivity contribution in [3.05, 3.63) is 105 Å². The number of halogens is 4. The quantitative estimate of drug-likeness (QED) is 0.245. The van der Waals surface area contributed by atoms with Crippen LogP contribution in [-0.2, 0) is 6.18 Å². The third kappa shape index (κ3) is 4.71. The molecule has 202 valence electrons. The number of aryl methyl sites for hydroxylation is 1. The average molecular weight is 582 g/mol. The molecule has 0 saturated heterocycles. The number of hydrogen-bond donors (Lipinski definition) is 1. The van der Waals surface area contributed by atoms with Crippen molar-refractivity contribution in [3.63, 3.8) is 0 Å². The van der Waals surface area contributed by atoms with Crippen molar-refractivity contribution in [1.29, 1.82) is 0 Å². The molecule has 2 aromatic carbocycles. The second kappa shape index (κ2) is 9.76. The van der Waals surface area contributed by atoms with Crippen molar-refractivity contribution in [2.75, 3.05) is 0 Å². The first kappa shape index (κ1) is 26.0. The van der Waals surface area contributed by atoms with Gasteiger partial charge in [-0.2, -0.15) is 23.4 Å². The highest BCUT2D eigenvalue weighted by Crippen LogP contribution is 2.39. The number of alkyl halides is 3. The maximum Gasteiger partial charge on any atom is 0.433 e. The fraction of sp³-hybridized carbons (Fsp3) is 0.143. The first-order valence-electron chi connectivity index (χ1n) is 12.1. The third-order valence-electron chi connectivity index (χ3n) is 6.56. The zero-order valence-electron chi connectivity index (χ0n) is 20.7. The minimum atomic E-state index is -4.77. The monoisotopic (exact) mass is 581 g/mol. The Bertz CT molecular complexity index is 1800. The number of hydrazone groups is 1. The van der Waals surface area contributed by atoms with E-state index in [9.17, 15) is 23.1 Å². The van der Waals surface area contributed by atoms with Crippen LogP contribution < -0.4 is 0 Å². The second-order valence-corrected chi connectivity index (χ2v) is 11.0. The number of hydrogen-bond acceptors (Lipinski definition) is 6. The number of nitrogens with zero attached hydrogens (tertiary/aromatic N) is 5. The molecule has 3 aromatic heterocycles. The molecule has 1 aliphatic heterocycles. The molecule has 0 spiro atoms. The van der Waals surface area contributed by atoms with Gasteiger partial charge in [-0.1, -0.05) is 59.6 Å². The summed E-state index contributed by atoms with van der Waals surface area (Å²) in [5.41, 5.74) is 1.44. The van der Waals surface area contributed by atoms with Crippen molar-refractivity contribution in [1.82, 2.24) is 19.6 Å². The summed E-state index contributed by atoms with van der Waals surface area (Å²) in [7, 11) is 0. The number of benzene rings is 2. The molecule has 0 fully saturated rings. The van der Waals surface area contributed by atoms with Crippen LogP contribution in [0.2, 0.25) is 4.34 Å². The SMILES string of the molecule is Cc1ccc(C2=NN(C(=O)c3cc4nc(-c5ccc(Cl)s5)cc(C(F)(F)F)n4n3)[C@@H](c3ccccc3O)C2)cc1. The molecule has 7 nitrogen and oxygen atoms in total. The highest BCUT2D eigenvalue weighted by atomic mass is 35.5. The summed E-state index contributed by atoms with van der Waals surface area (Å²) in [4.78, 5) is 18.6. The molecule has 1 amide bonds. The van der Waals surface area contributed by atoms with Crippen molar-refractivity contribution < 1.29 is 23.1 Å². The van der Waals surface area contributed by atoms with Crippen LogP contribution in [0.1, 0.15) is 45.3 Å². The smallest absolute Gasteiger partial charge is 0.433 e. The van der Waals surface area contributed by atoms with E-state index in [0.29, 0.717) is 25.0 Å². The molecule has 1 N–H and O–H groups in total. The molecule has 0 unspecified atom stereocenters. The number of phenols is 1. The van der Waals surface area contributed by atoms with Gasteiger partial charge in [-0.3, -0.25) is 4.79 Å². The topological polar surface area (TPSA) is 83.1 Å². The van der Waals surface area contributed by atoms with Gasteiger partial charge in [0.15, 0.2) is 17.0 Å². The second-order valence-electron chi connectivity index (χ2n) is 9.27. The summed E-state index contributed by atoms with van der Waals surface area (Å²) in [6, 6.07) is 18.7. The highest BCUT2D eigenvalue weighted by Gasteiger charge is 2.38. The number of amides is 1. The maximum atomic E-state index is 14.1.